The van der Waals surface area contributed by atoms with E-state index in [0.717, 1.165) is 11.7 Å². The summed E-state index contributed by atoms with van der Waals surface area (Å²) >= 11 is 1.48. The van der Waals surface area contributed by atoms with E-state index in [9.17, 15) is 4.79 Å². The van der Waals surface area contributed by atoms with Gasteiger partial charge in [0.25, 0.3) is 0 Å². The third kappa shape index (κ3) is 2.60. The van der Waals surface area contributed by atoms with E-state index in [1.54, 1.807) is 13.8 Å². The van der Waals surface area contributed by atoms with Crippen LogP contribution in [0.4, 0.5) is 5.13 Å². The molecule has 0 spiro atoms. The van der Waals surface area contributed by atoms with Gasteiger partial charge in [0.05, 0.1) is 5.69 Å². The number of carboxylic acid groups (broad SMARTS) is 1. The summed E-state index contributed by atoms with van der Waals surface area (Å²) < 4.78 is 0. The van der Waals surface area contributed by atoms with Crippen LogP contribution in [0.1, 0.15) is 39.3 Å². The van der Waals surface area contributed by atoms with Crippen molar-refractivity contribution in [2.24, 2.45) is 5.41 Å². The first kappa shape index (κ1) is 12.4. The van der Waals surface area contributed by atoms with E-state index in [0.29, 0.717) is 11.1 Å². The van der Waals surface area contributed by atoms with Gasteiger partial charge < -0.3 is 10.4 Å². The lowest BCUT2D eigenvalue weighted by Gasteiger charge is -2.15. The highest BCUT2D eigenvalue weighted by molar-refractivity contribution is 7.13. The number of carboxylic acids is 1. The predicted octanol–water partition coefficient (Wildman–Crippen LogP) is 2.72. The number of hydrogen-bond acceptors (Lipinski definition) is 4. The largest absolute Gasteiger partial charge is 0.481 e. The third-order valence-electron chi connectivity index (χ3n) is 3.45. The summed E-state index contributed by atoms with van der Waals surface area (Å²) in [7, 11) is 0. The zero-order valence-corrected chi connectivity index (χ0v) is 11.2. The molecule has 0 unspecified atom stereocenters. The van der Waals surface area contributed by atoms with Gasteiger partial charge >= 0.3 is 5.97 Å². The zero-order chi connectivity index (χ0) is 12.7. The summed E-state index contributed by atoms with van der Waals surface area (Å²) in [6, 6.07) is 0. The number of rotatable bonds is 5. The normalized spacial score (nSPS) is 17.8. The smallest absolute Gasteiger partial charge is 0.315 e. The van der Waals surface area contributed by atoms with Crippen LogP contribution in [0.5, 0.6) is 0 Å². The van der Waals surface area contributed by atoms with E-state index in [-0.39, 0.29) is 0 Å². The van der Waals surface area contributed by atoms with E-state index >= 15 is 0 Å². The van der Waals surface area contributed by atoms with E-state index in [1.165, 1.54) is 24.2 Å². The first-order chi connectivity index (χ1) is 7.83. The molecule has 2 rings (SSSR count). The molecule has 1 aliphatic carbocycles. The van der Waals surface area contributed by atoms with E-state index in [1.807, 2.05) is 5.38 Å². The second-order valence-corrected chi connectivity index (χ2v) is 6.49. The molecule has 94 valence electrons. The topological polar surface area (TPSA) is 62.2 Å². The minimum atomic E-state index is -0.917. The van der Waals surface area contributed by atoms with Gasteiger partial charge in [0, 0.05) is 11.9 Å². The summed E-state index contributed by atoms with van der Waals surface area (Å²) in [6.45, 7) is 6.52. The van der Waals surface area contributed by atoms with Crippen molar-refractivity contribution < 1.29 is 9.90 Å². The molecule has 17 heavy (non-hydrogen) atoms. The van der Waals surface area contributed by atoms with Gasteiger partial charge in [-0.3, -0.25) is 4.79 Å². The molecule has 1 aliphatic rings. The molecule has 0 saturated heterocycles. The van der Waals surface area contributed by atoms with Crippen molar-refractivity contribution in [1.82, 2.24) is 4.98 Å². The van der Waals surface area contributed by atoms with Gasteiger partial charge in [-0.15, -0.1) is 11.3 Å². The van der Waals surface area contributed by atoms with Crippen LogP contribution in [-0.2, 0) is 10.2 Å². The third-order valence-corrected chi connectivity index (χ3v) is 4.25. The number of carbonyl (C=O) groups is 1. The fourth-order valence-corrected chi connectivity index (χ4v) is 2.31. The fraction of sp³-hybridized carbons (Fsp3) is 0.667. The zero-order valence-electron chi connectivity index (χ0n) is 10.4. The van der Waals surface area contributed by atoms with Gasteiger partial charge in [0.15, 0.2) is 5.13 Å². The Kier molecular flexibility index (Phi) is 2.89. The van der Waals surface area contributed by atoms with Gasteiger partial charge in [-0.2, -0.15) is 0 Å². The van der Waals surface area contributed by atoms with Crippen molar-refractivity contribution in [3.63, 3.8) is 0 Å². The average Bonchev–Trinajstić information content (AvgIpc) is 2.81. The Morgan fingerprint density at radius 3 is 2.82 bits per heavy atom. The summed E-state index contributed by atoms with van der Waals surface area (Å²) in [5.74, 6) is -0.844. The van der Waals surface area contributed by atoms with Crippen molar-refractivity contribution in [1.29, 1.82) is 0 Å². The van der Waals surface area contributed by atoms with Crippen LogP contribution in [0, 0.1) is 5.41 Å². The van der Waals surface area contributed by atoms with Crippen LogP contribution in [-0.4, -0.2) is 22.6 Å². The van der Waals surface area contributed by atoms with Crippen LogP contribution < -0.4 is 5.32 Å². The molecular weight excluding hydrogens is 236 g/mol. The Labute approximate surface area is 105 Å². The number of hydrogen-bond donors (Lipinski definition) is 2. The number of anilines is 1. The summed E-state index contributed by atoms with van der Waals surface area (Å²) in [4.78, 5) is 15.5. The Balaban J connectivity index is 2.02. The van der Waals surface area contributed by atoms with Gasteiger partial charge in [-0.25, -0.2) is 4.98 Å². The molecule has 1 heterocycles. The van der Waals surface area contributed by atoms with Crippen LogP contribution in [0.15, 0.2) is 5.38 Å². The Bertz CT molecular complexity index is 435. The van der Waals surface area contributed by atoms with Crippen molar-refractivity contribution in [3.05, 3.63) is 11.1 Å². The van der Waals surface area contributed by atoms with Crippen LogP contribution in [0.2, 0.25) is 0 Å². The predicted molar refractivity (Wildman–Crippen MR) is 68.6 cm³/mol. The van der Waals surface area contributed by atoms with Crippen LogP contribution in [0.3, 0.4) is 0 Å². The van der Waals surface area contributed by atoms with Gasteiger partial charge in [0.1, 0.15) is 5.41 Å². The van der Waals surface area contributed by atoms with E-state index < -0.39 is 11.4 Å². The quantitative estimate of drug-likeness (QED) is 0.848. The molecule has 0 aliphatic heterocycles. The number of aromatic nitrogens is 1. The molecule has 0 aromatic carbocycles. The lowest BCUT2D eigenvalue weighted by molar-refractivity contribution is -0.142. The Morgan fingerprint density at radius 2 is 2.29 bits per heavy atom. The molecule has 0 radical (unpaired) electrons. The SMILES string of the molecule is CC1(CNc2nc(C(C)(C)C(=O)O)cs2)CC1. The minimum absolute atomic E-state index is 0.425. The van der Waals surface area contributed by atoms with E-state index in [2.05, 4.69) is 17.2 Å². The lowest BCUT2D eigenvalue weighted by Crippen LogP contribution is -2.28. The second kappa shape index (κ2) is 3.98. The highest BCUT2D eigenvalue weighted by Gasteiger charge is 2.37. The van der Waals surface area contributed by atoms with Crippen molar-refractivity contribution >= 4 is 22.4 Å². The number of aliphatic carboxylic acids is 1. The lowest BCUT2D eigenvalue weighted by atomic mass is 9.90. The molecule has 1 fully saturated rings. The molecule has 0 atom stereocenters. The highest BCUT2D eigenvalue weighted by Crippen LogP contribution is 2.44. The molecule has 4 nitrogen and oxygen atoms in total. The highest BCUT2D eigenvalue weighted by atomic mass is 32.1. The maximum atomic E-state index is 11.1. The first-order valence-electron chi connectivity index (χ1n) is 5.77. The summed E-state index contributed by atoms with van der Waals surface area (Å²) in [6.07, 6.45) is 2.53. The second-order valence-electron chi connectivity index (χ2n) is 5.63. The number of thiazole rings is 1. The Morgan fingerprint density at radius 1 is 1.65 bits per heavy atom. The van der Waals surface area contributed by atoms with Gasteiger partial charge in [-0.05, 0) is 32.1 Å². The Hall–Kier alpha value is -1.10. The first-order valence-corrected chi connectivity index (χ1v) is 6.65. The maximum Gasteiger partial charge on any atom is 0.315 e. The molecule has 1 saturated carbocycles. The molecule has 0 bridgehead atoms. The molecule has 5 heteroatoms. The van der Waals surface area contributed by atoms with Gasteiger partial charge in [-0.1, -0.05) is 6.92 Å². The van der Waals surface area contributed by atoms with Crippen molar-refractivity contribution in [2.75, 3.05) is 11.9 Å². The standard InChI is InChI=1S/C12H18N2O2S/c1-11(2,9(15)16)8-6-17-10(14-8)13-7-12(3)4-5-12/h6H,4-5,7H2,1-3H3,(H,13,14)(H,15,16). The maximum absolute atomic E-state index is 11.1. The number of nitrogens with one attached hydrogen (secondary N) is 1. The van der Waals surface area contributed by atoms with Crippen molar-refractivity contribution in [2.45, 2.75) is 39.0 Å². The fourth-order valence-electron chi connectivity index (χ4n) is 1.43. The summed E-state index contributed by atoms with van der Waals surface area (Å²) in [5, 5.41) is 15.1. The molecule has 0 amide bonds. The molecule has 1 aromatic rings. The van der Waals surface area contributed by atoms with Gasteiger partial charge in [0.2, 0.25) is 0 Å². The van der Waals surface area contributed by atoms with Crippen molar-refractivity contribution in [3.8, 4) is 0 Å². The minimum Gasteiger partial charge on any atom is -0.481 e. The van der Waals surface area contributed by atoms with Crippen LogP contribution >= 0.6 is 11.3 Å². The monoisotopic (exact) mass is 254 g/mol. The average molecular weight is 254 g/mol. The van der Waals surface area contributed by atoms with Crippen LogP contribution in [0.25, 0.3) is 0 Å². The molecule has 1 aromatic heterocycles. The number of nitrogens with zero attached hydrogens (tertiary/aromatic N) is 1. The molecular formula is C12H18N2O2S. The summed E-state index contributed by atoms with van der Waals surface area (Å²) in [5.41, 5.74) is 0.132. The van der Waals surface area contributed by atoms with E-state index in [4.69, 9.17) is 5.11 Å². The molecule has 2 N–H and O–H groups in total.